The van der Waals surface area contributed by atoms with Crippen molar-refractivity contribution in [3.05, 3.63) is 60.0 Å². The Morgan fingerprint density at radius 3 is 2.58 bits per heavy atom. The van der Waals surface area contributed by atoms with Gasteiger partial charge in [-0.3, -0.25) is 4.79 Å². The highest BCUT2D eigenvalue weighted by Crippen LogP contribution is 2.31. The Labute approximate surface area is 178 Å². The molecule has 0 unspecified atom stereocenters. The molecule has 3 heterocycles. The van der Waals surface area contributed by atoms with Gasteiger partial charge in [-0.15, -0.1) is 0 Å². The number of pyridine rings is 1. The molecule has 0 spiro atoms. The average molecular weight is 419 g/mol. The largest absolute Gasteiger partial charge is 0.493 e. The number of ether oxygens (including phenoxy) is 2. The van der Waals surface area contributed by atoms with Crippen molar-refractivity contribution in [2.45, 2.75) is 26.8 Å². The third kappa shape index (κ3) is 3.79. The molecule has 0 aliphatic rings. The summed E-state index contributed by atoms with van der Waals surface area (Å²) >= 11 is 0. The summed E-state index contributed by atoms with van der Waals surface area (Å²) in [5, 5.41) is 4.95. The van der Waals surface area contributed by atoms with Gasteiger partial charge in [-0.25, -0.2) is 14.5 Å². The van der Waals surface area contributed by atoms with Crippen LogP contribution in [-0.4, -0.2) is 33.6 Å². The molecule has 0 atom stereocenters. The molecule has 8 heteroatoms. The predicted molar refractivity (Wildman–Crippen MR) is 114 cm³/mol. The van der Waals surface area contributed by atoms with Gasteiger partial charge >= 0.3 is 5.97 Å². The fourth-order valence-corrected chi connectivity index (χ4v) is 3.24. The number of aromatic nitrogens is 3. The number of carbonyl (C=O) groups excluding carboxylic acids is 2. The molecule has 0 aliphatic heterocycles. The van der Waals surface area contributed by atoms with Gasteiger partial charge in [-0.2, -0.15) is 5.10 Å². The second kappa shape index (κ2) is 8.06. The van der Waals surface area contributed by atoms with Crippen LogP contribution in [-0.2, 0) is 0 Å². The normalized spacial score (nSPS) is 11.1. The minimum Gasteiger partial charge on any atom is -0.493 e. The van der Waals surface area contributed by atoms with Gasteiger partial charge in [0.2, 0.25) is 0 Å². The SMILES string of the molecule is COc1cc(C(C)=O)ccc1OC(=O)c1cc(-c2ccco2)nc2c1cnn2C(C)C. The molecule has 8 nitrogen and oxygen atoms in total. The van der Waals surface area contributed by atoms with Crippen LogP contribution in [0.15, 0.2) is 53.3 Å². The minimum atomic E-state index is -0.600. The van der Waals surface area contributed by atoms with Crippen LogP contribution in [0.5, 0.6) is 11.5 Å². The van der Waals surface area contributed by atoms with Gasteiger partial charge in [0.1, 0.15) is 5.69 Å². The van der Waals surface area contributed by atoms with Crippen LogP contribution in [0.25, 0.3) is 22.5 Å². The molecule has 0 bridgehead atoms. The minimum absolute atomic E-state index is 0.0416. The van der Waals surface area contributed by atoms with Crippen LogP contribution in [0.1, 0.15) is 47.5 Å². The van der Waals surface area contributed by atoms with Crippen LogP contribution in [0.2, 0.25) is 0 Å². The zero-order valence-electron chi connectivity index (χ0n) is 17.6. The molecule has 0 amide bonds. The van der Waals surface area contributed by atoms with E-state index in [0.29, 0.717) is 33.6 Å². The summed E-state index contributed by atoms with van der Waals surface area (Å²) in [4.78, 5) is 29.5. The number of Topliss-reactive ketones (excluding diaryl/α,β-unsaturated/α-hetero) is 1. The summed E-state index contributed by atoms with van der Waals surface area (Å²) in [6.45, 7) is 5.41. The molecule has 0 fully saturated rings. The van der Waals surface area contributed by atoms with Crippen molar-refractivity contribution in [1.82, 2.24) is 14.8 Å². The lowest BCUT2D eigenvalue weighted by Crippen LogP contribution is -2.11. The maximum absolute atomic E-state index is 13.2. The quantitative estimate of drug-likeness (QED) is 0.254. The number of carbonyl (C=O) groups is 2. The van der Waals surface area contributed by atoms with Crippen LogP contribution in [0.4, 0.5) is 0 Å². The maximum atomic E-state index is 13.2. The Morgan fingerprint density at radius 1 is 1.13 bits per heavy atom. The van der Waals surface area contributed by atoms with E-state index in [1.807, 2.05) is 13.8 Å². The van der Waals surface area contributed by atoms with Gasteiger partial charge < -0.3 is 13.9 Å². The highest BCUT2D eigenvalue weighted by atomic mass is 16.6. The molecule has 31 heavy (non-hydrogen) atoms. The first-order valence-corrected chi connectivity index (χ1v) is 9.72. The molecule has 0 saturated heterocycles. The van der Waals surface area contributed by atoms with Crippen molar-refractivity contribution < 1.29 is 23.5 Å². The van der Waals surface area contributed by atoms with Crippen LogP contribution >= 0.6 is 0 Å². The van der Waals surface area contributed by atoms with E-state index in [-0.39, 0.29) is 23.3 Å². The van der Waals surface area contributed by atoms with E-state index in [0.717, 1.165) is 0 Å². The number of hydrogen-bond acceptors (Lipinski definition) is 7. The fraction of sp³-hybridized carbons (Fsp3) is 0.217. The second-order valence-electron chi connectivity index (χ2n) is 7.26. The standard InChI is InChI=1S/C23H21N3O5/c1-13(2)26-22-17(12-24-26)16(11-18(25-22)19-6-5-9-30-19)23(28)31-20-8-7-15(14(3)27)10-21(20)29-4/h5-13H,1-4H3. The number of fused-ring (bicyclic) bond motifs is 1. The predicted octanol–water partition coefficient (Wildman–Crippen LogP) is 4.70. The summed E-state index contributed by atoms with van der Waals surface area (Å²) in [6, 6.07) is 9.84. The summed E-state index contributed by atoms with van der Waals surface area (Å²) in [6.07, 6.45) is 3.14. The smallest absolute Gasteiger partial charge is 0.344 e. The van der Waals surface area contributed by atoms with Gasteiger partial charge in [0.15, 0.2) is 28.7 Å². The highest BCUT2D eigenvalue weighted by molar-refractivity contribution is 6.04. The number of esters is 1. The maximum Gasteiger partial charge on any atom is 0.344 e. The number of nitrogens with zero attached hydrogens (tertiary/aromatic N) is 3. The molecule has 3 aromatic heterocycles. The van der Waals surface area contributed by atoms with Crippen LogP contribution < -0.4 is 9.47 Å². The Bertz CT molecular complexity index is 1270. The van der Waals surface area contributed by atoms with E-state index in [1.54, 1.807) is 41.4 Å². The van der Waals surface area contributed by atoms with E-state index in [1.165, 1.54) is 26.2 Å². The molecule has 4 aromatic rings. The molecular formula is C23H21N3O5. The number of ketones is 1. The molecule has 0 N–H and O–H groups in total. The topological polar surface area (TPSA) is 96.5 Å². The first-order valence-electron chi connectivity index (χ1n) is 9.72. The van der Waals surface area contributed by atoms with Crippen molar-refractivity contribution in [1.29, 1.82) is 0 Å². The second-order valence-corrected chi connectivity index (χ2v) is 7.26. The van der Waals surface area contributed by atoms with E-state index in [9.17, 15) is 9.59 Å². The number of methoxy groups -OCH3 is 1. The van der Waals surface area contributed by atoms with E-state index in [4.69, 9.17) is 13.9 Å². The molecule has 0 saturated carbocycles. The van der Waals surface area contributed by atoms with Gasteiger partial charge in [0.05, 0.1) is 30.5 Å². The van der Waals surface area contributed by atoms with Crippen molar-refractivity contribution in [3.8, 4) is 23.0 Å². The average Bonchev–Trinajstić information content (AvgIpc) is 3.43. The fourth-order valence-electron chi connectivity index (χ4n) is 3.24. The first kappa shape index (κ1) is 20.3. The Balaban J connectivity index is 1.80. The zero-order chi connectivity index (χ0) is 22.1. The lowest BCUT2D eigenvalue weighted by Gasteiger charge is -2.12. The third-order valence-electron chi connectivity index (χ3n) is 4.82. The number of furan rings is 1. The zero-order valence-corrected chi connectivity index (χ0v) is 17.6. The number of hydrogen-bond donors (Lipinski definition) is 0. The van der Waals surface area contributed by atoms with E-state index >= 15 is 0 Å². The van der Waals surface area contributed by atoms with Gasteiger partial charge in [0.25, 0.3) is 0 Å². The van der Waals surface area contributed by atoms with Gasteiger partial charge in [0, 0.05) is 11.6 Å². The lowest BCUT2D eigenvalue weighted by molar-refractivity contribution is 0.0731. The van der Waals surface area contributed by atoms with E-state index < -0.39 is 5.97 Å². The van der Waals surface area contributed by atoms with Crippen molar-refractivity contribution in [2.75, 3.05) is 7.11 Å². The number of benzene rings is 1. The molecular weight excluding hydrogens is 398 g/mol. The van der Waals surface area contributed by atoms with Gasteiger partial charge in [-0.1, -0.05) is 0 Å². The Kier molecular flexibility index (Phi) is 5.29. The Hall–Kier alpha value is -3.94. The highest BCUT2D eigenvalue weighted by Gasteiger charge is 2.22. The summed E-state index contributed by atoms with van der Waals surface area (Å²) in [5.74, 6) is 0.304. The molecule has 158 valence electrons. The summed E-state index contributed by atoms with van der Waals surface area (Å²) < 4.78 is 18.2. The monoisotopic (exact) mass is 419 g/mol. The first-order chi connectivity index (χ1) is 14.9. The lowest BCUT2D eigenvalue weighted by atomic mass is 10.1. The number of rotatable bonds is 6. The molecule has 4 rings (SSSR count). The van der Waals surface area contributed by atoms with Gasteiger partial charge in [-0.05, 0) is 57.2 Å². The van der Waals surface area contributed by atoms with E-state index in [2.05, 4.69) is 10.1 Å². The van der Waals surface area contributed by atoms with Crippen molar-refractivity contribution in [3.63, 3.8) is 0 Å². The molecule has 0 aliphatic carbocycles. The van der Waals surface area contributed by atoms with Crippen molar-refractivity contribution >= 4 is 22.8 Å². The van der Waals surface area contributed by atoms with Crippen LogP contribution in [0.3, 0.4) is 0 Å². The Morgan fingerprint density at radius 2 is 1.94 bits per heavy atom. The molecule has 0 radical (unpaired) electrons. The molecule has 1 aromatic carbocycles. The summed E-state index contributed by atoms with van der Waals surface area (Å²) in [5.41, 5.74) is 1.79. The van der Waals surface area contributed by atoms with Crippen LogP contribution in [0, 0.1) is 0 Å². The third-order valence-corrected chi connectivity index (χ3v) is 4.82. The summed E-state index contributed by atoms with van der Waals surface area (Å²) in [7, 11) is 1.45. The van der Waals surface area contributed by atoms with Crippen molar-refractivity contribution in [2.24, 2.45) is 0 Å².